The van der Waals surface area contributed by atoms with Crippen LogP contribution in [0.5, 0.6) is 0 Å². The lowest BCUT2D eigenvalue weighted by Crippen LogP contribution is -2.27. The average molecular weight is 334 g/mol. The van der Waals surface area contributed by atoms with Gasteiger partial charge in [-0.15, -0.1) is 0 Å². The van der Waals surface area contributed by atoms with Gasteiger partial charge in [0.15, 0.2) is 0 Å². The minimum atomic E-state index is -0.359. The molecule has 122 valence electrons. The zero-order valence-electron chi connectivity index (χ0n) is 12.8. The van der Waals surface area contributed by atoms with Crippen molar-refractivity contribution in [2.45, 2.75) is 38.1 Å². The summed E-state index contributed by atoms with van der Waals surface area (Å²) in [6.45, 7) is 2.96. The third kappa shape index (κ3) is 2.90. The molecule has 0 amide bonds. The number of benzene rings is 1. The highest BCUT2D eigenvalue weighted by Crippen LogP contribution is 2.34. The van der Waals surface area contributed by atoms with E-state index in [0.717, 1.165) is 43.8 Å². The summed E-state index contributed by atoms with van der Waals surface area (Å²) in [5.74, 6) is 0. The van der Waals surface area contributed by atoms with E-state index in [1.165, 1.54) is 11.3 Å². The van der Waals surface area contributed by atoms with Crippen molar-refractivity contribution >= 4 is 11.6 Å². The van der Waals surface area contributed by atoms with Crippen LogP contribution in [0.2, 0.25) is 5.02 Å². The van der Waals surface area contributed by atoms with Crippen LogP contribution in [0.4, 0.5) is 0 Å². The first-order chi connectivity index (χ1) is 11.2. The summed E-state index contributed by atoms with van der Waals surface area (Å²) in [4.78, 5) is 2.29. The molecule has 6 heteroatoms. The zero-order valence-corrected chi connectivity index (χ0v) is 13.6. The van der Waals surface area contributed by atoms with Crippen LogP contribution >= 0.6 is 11.6 Å². The third-order valence-corrected chi connectivity index (χ3v) is 5.07. The maximum atomic E-state index is 10.4. The molecular formula is C17H20ClN3O2. The predicted molar refractivity (Wildman–Crippen MR) is 87.2 cm³/mol. The lowest BCUT2D eigenvalue weighted by atomic mass is 10.0. The van der Waals surface area contributed by atoms with E-state index in [2.05, 4.69) is 15.1 Å². The van der Waals surface area contributed by atoms with Gasteiger partial charge in [-0.2, -0.15) is 5.10 Å². The summed E-state index contributed by atoms with van der Waals surface area (Å²) in [6.07, 6.45) is 1.31. The molecule has 0 aliphatic carbocycles. The monoisotopic (exact) mass is 333 g/mol. The Labute approximate surface area is 140 Å². The van der Waals surface area contributed by atoms with Gasteiger partial charge in [-0.3, -0.25) is 10.00 Å². The minimum absolute atomic E-state index is 0.0101. The first kappa shape index (κ1) is 15.1. The van der Waals surface area contributed by atoms with Gasteiger partial charge in [0.1, 0.15) is 0 Å². The van der Waals surface area contributed by atoms with Crippen molar-refractivity contribution < 1.29 is 9.84 Å². The first-order valence-corrected chi connectivity index (χ1v) is 8.40. The number of nitrogens with one attached hydrogen (secondary N) is 1. The van der Waals surface area contributed by atoms with Gasteiger partial charge in [0.05, 0.1) is 31.1 Å². The molecule has 1 aromatic carbocycles. The number of rotatable bonds is 3. The molecule has 5 nitrogen and oxygen atoms in total. The molecule has 0 radical (unpaired) electrons. The average Bonchev–Trinajstić information content (AvgIpc) is 3.13. The maximum absolute atomic E-state index is 10.4. The fraction of sp³-hybridized carbons (Fsp3) is 0.471. The standard InChI is InChI=1S/C17H20ClN3O2/c18-12-3-1-11(2-4-12)17-16(22)5-7-21(17)9-15-13-10-23-8-6-14(13)19-20-15/h1-4,16-17,22H,5-10H2,(H,19,20)/t16-,17-/m1/s1. The first-order valence-electron chi connectivity index (χ1n) is 8.02. The van der Waals surface area contributed by atoms with Gasteiger partial charge in [0.2, 0.25) is 0 Å². The molecule has 2 atom stereocenters. The van der Waals surface area contributed by atoms with Crippen molar-refractivity contribution in [2.24, 2.45) is 0 Å². The van der Waals surface area contributed by atoms with Crippen LogP contribution < -0.4 is 0 Å². The van der Waals surface area contributed by atoms with Gasteiger partial charge < -0.3 is 9.84 Å². The number of nitrogens with zero attached hydrogens (tertiary/aromatic N) is 2. The van der Waals surface area contributed by atoms with Crippen LogP contribution in [0, 0.1) is 0 Å². The van der Waals surface area contributed by atoms with E-state index in [1.807, 2.05) is 24.3 Å². The lowest BCUT2D eigenvalue weighted by molar-refractivity contribution is 0.104. The molecule has 4 rings (SSSR count). The van der Waals surface area contributed by atoms with E-state index in [4.69, 9.17) is 16.3 Å². The van der Waals surface area contributed by atoms with Crippen LogP contribution in [-0.2, 0) is 24.3 Å². The van der Waals surface area contributed by atoms with Crippen molar-refractivity contribution in [3.63, 3.8) is 0 Å². The number of ether oxygens (including phenoxy) is 1. The quantitative estimate of drug-likeness (QED) is 0.905. The largest absolute Gasteiger partial charge is 0.391 e. The highest BCUT2D eigenvalue weighted by molar-refractivity contribution is 6.30. The normalized spacial score (nSPS) is 24.8. The predicted octanol–water partition coefficient (Wildman–Crippen LogP) is 2.44. The van der Waals surface area contributed by atoms with Crippen LogP contribution in [0.25, 0.3) is 0 Å². The van der Waals surface area contributed by atoms with E-state index in [9.17, 15) is 5.11 Å². The van der Waals surface area contributed by atoms with E-state index >= 15 is 0 Å². The molecule has 1 aromatic heterocycles. The Morgan fingerprint density at radius 3 is 3.00 bits per heavy atom. The number of hydrogen-bond acceptors (Lipinski definition) is 4. The smallest absolute Gasteiger partial charge is 0.0820 e. The topological polar surface area (TPSA) is 61.4 Å². The molecule has 23 heavy (non-hydrogen) atoms. The van der Waals surface area contributed by atoms with Gasteiger partial charge in [-0.05, 0) is 24.1 Å². The molecule has 2 N–H and O–H groups in total. The van der Waals surface area contributed by atoms with Crippen LogP contribution in [0.3, 0.4) is 0 Å². The number of hydrogen-bond donors (Lipinski definition) is 2. The second-order valence-corrected chi connectivity index (χ2v) is 6.69. The molecule has 0 saturated carbocycles. The molecule has 2 aromatic rings. The molecule has 3 heterocycles. The lowest BCUT2D eigenvalue weighted by Gasteiger charge is -2.26. The highest BCUT2D eigenvalue weighted by atomic mass is 35.5. The highest BCUT2D eigenvalue weighted by Gasteiger charge is 2.35. The van der Waals surface area contributed by atoms with Gasteiger partial charge in [-0.1, -0.05) is 23.7 Å². The van der Waals surface area contributed by atoms with Gasteiger partial charge in [0.25, 0.3) is 0 Å². The van der Waals surface area contributed by atoms with Crippen LogP contribution in [0.1, 0.15) is 35.0 Å². The fourth-order valence-electron chi connectivity index (χ4n) is 3.60. The number of H-pyrrole nitrogens is 1. The van der Waals surface area contributed by atoms with Gasteiger partial charge >= 0.3 is 0 Å². The Hall–Kier alpha value is -1.40. The van der Waals surface area contributed by atoms with E-state index in [-0.39, 0.29) is 12.1 Å². The Bertz CT molecular complexity index is 686. The number of likely N-dealkylation sites (tertiary alicyclic amines) is 1. The maximum Gasteiger partial charge on any atom is 0.0820 e. The van der Waals surface area contributed by atoms with Crippen LogP contribution in [0.15, 0.2) is 24.3 Å². The number of aromatic nitrogens is 2. The molecule has 0 spiro atoms. The van der Waals surface area contributed by atoms with Crippen molar-refractivity contribution in [1.29, 1.82) is 0 Å². The van der Waals surface area contributed by atoms with Crippen molar-refractivity contribution in [3.8, 4) is 0 Å². The number of fused-ring (bicyclic) bond motifs is 1. The second kappa shape index (κ2) is 6.24. The van der Waals surface area contributed by atoms with Crippen molar-refractivity contribution in [2.75, 3.05) is 13.2 Å². The summed E-state index contributed by atoms with van der Waals surface area (Å²) in [7, 11) is 0. The van der Waals surface area contributed by atoms with E-state index in [0.29, 0.717) is 11.6 Å². The van der Waals surface area contributed by atoms with Crippen LogP contribution in [-0.4, -0.2) is 39.5 Å². The number of halogens is 1. The number of aliphatic hydroxyl groups is 1. The summed E-state index contributed by atoms with van der Waals surface area (Å²) in [6, 6.07) is 7.74. The van der Waals surface area contributed by atoms with Crippen molar-refractivity contribution in [3.05, 3.63) is 51.8 Å². The zero-order chi connectivity index (χ0) is 15.8. The molecule has 2 aliphatic rings. The van der Waals surface area contributed by atoms with Crippen molar-refractivity contribution in [1.82, 2.24) is 15.1 Å². The molecule has 1 saturated heterocycles. The Morgan fingerprint density at radius 1 is 1.35 bits per heavy atom. The Balaban J connectivity index is 1.58. The molecular weight excluding hydrogens is 314 g/mol. The van der Waals surface area contributed by atoms with Gasteiger partial charge in [-0.25, -0.2) is 0 Å². The molecule has 2 aliphatic heterocycles. The van der Waals surface area contributed by atoms with E-state index < -0.39 is 0 Å². The molecule has 0 bridgehead atoms. The summed E-state index contributed by atoms with van der Waals surface area (Å²) < 4.78 is 5.56. The number of aromatic amines is 1. The summed E-state index contributed by atoms with van der Waals surface area (Å²) in [5.41, 5.74) is 4.51. The Kier molecular flexibility index (Phi) is 4.11. The second-order valence-electron chi connectivity index (χ2n) is 6.25. The summed E-state index contributed by atoms with van der Waals surface area (Å²) in [5, 5.41) is 18.8. The SMILES string of the molecule is O[C@@H]1CCN(Cc2n[nH]c3c2COCC3)[C@@H]1c1ccc(Cl)cc1. The minimum Gasteiger partial charge on any atom is -0.391 e. The third-order valence-electron chi connectivity index (χ3n) is 4.82. The molecule has 0 unspecified atom stereocenters. The summed E-state index contributed by atoms with van der Waals surface area (Å²) >= 11 is 5.98. The molecule has 1 fully saturated rings. The van der Waals surface area contributed by atoms with Gasteiger partial charge in [0, 0.05) is 35.8 Å². The Morgan fingerprint density at radius 2 is 2.17 bits per heavy atom. The van der Waals surface area contributed by atoms with E-state index in [1.54, 1.807) is 0 Å². The number of aliphatic hydroxyl groups excluding tert-OH is 1. The fourth-order valence-corrected chi connectivity index (χ4v) is 3.73.